The van der Waals surface area contributed by atoms with E-state index in [9.17, 15) is 8.78 Å². The summed E-state index contributed by atoms with van der Waals surface area (Å²) in [6.07, 6.45) is 1.99. The van der Waals surface area contributed by atoms with Gasteiger partial charge >= 0.3 is 0 Å². The lowest BCUT2D eigenvalue weighted by molar-refractivity contribution is 0.251. The highest BCUT2D eigenvalue weighted by Crippen LogP contribution is 2.22. The normalized spacial score (nSPS) is 13.0. The van der Waals surface area contributed by atoms with Gasteiger partial charge < -0.3 is 9.73 Å². The minimum atomic E-state index is -2.37. The first-order valence-electron chi connectivity index (χ1n) is 6.66. The molecule has 2 heterocycles. The number of hydrogen-bond donors (Lipinski definition) is 1. The second kappa shape index (κ2) is 7.09. The van der Waals surface area contributed by atoms with Crippen molar-refractivity contribution in [1.29, 1.82) is 0 Å². The molecular formula is C14H19F2N3OS. The molecule has 0 radical (unpaired) electrons. The average Bonchev–Trinajstić information content (AvgIpc) is 3.00. The van der Waals surface area contributed by atoms with Crippen molar-refractivity contribution in [3.8, 4) is 0 Å². The van der Waals surface area contributed by atoms with Crippen LogP contribution in [0.5, 0.6) is 0 Å². The molecule has 4 nitrogen and oxygen atoms in total. The summed E-state index contributed by atoms with van der Waals surface area (Å²) in [5.41, 5.74) is 2.13. The first kappa shape index (κ1) is 16.0. The fourth-order valence-corrected chi connectivity index (χ4v) is 2.59. The van der Waals surface area contributed by atoms with E-state index < -0.39 is 5.76 Å². The predicted octanol–water partition coefficient (Wildman–Crippen LogP) is 3.63. The monoisotopic (exact) mass is 315 g/mol. The van der Waals surface area contributed by atoms with Crippen LogP contribution in [0.2, 0.25) is 0 Å². The van der Waals surface area contributed by atoms with Crippen LogP contribution in [-0.2, 0) is 19.3 Å². The Morgan fingerprint density at radius 3 is 2.71 bits per heavy atom. The molecule has 0 saturated heterocycles. The van der Waals surface area contributed by atoms with Crippen molar-refractivity contribution in [3.05, 3.63) is 41.1 Å². The van der Waals surface area contributed by atoms with Crippen LogP contribution in [-0.4, -0.2) is 15.5 Å². The highest BCUT2D eigenvalue weighted by Gasteiger charge is 2.12. The van der Waals surface area contributed by atoms with Gasteiger partial charge in [0.2, 0.25) is 0 Å². The number of hydrogen-bond acceptors (Lipinski definition) is 4. The lowest BCUT2D eigenvalue weighted by Crippen LogP contribution is -2.18. The summed E-state index contributed by atoms with van der Waals surface area (Å²) in [5.74, 6) is -0.865. The van der Waals surface area contributed by atoms with Crippen molar-refractivity contribution in [1.82, 2.24) is 15.1 Å². The zero-order valence-corrected chi connectivity index (χ0v) is 13.1. The van der Waals surface area contributed by atoms with Crippen LogP contribution in [0.4, 0.5) is 8.78 Å². The Bertz CT molecular complexity index is 583. The number of rotatable bonds is 7. The summed E-state index contributed by atoms with van der Waals surface area (Å²) in [6.45, 7) is 4.58. The molecule has 116 valence electrons. The molecule has 0 saturated carbocycles. The van der Waals surface area contributed by atoms with Crippen LogP contribution >= 0.6 is 11.8 Å². The van der Waals surface area contributed by atoms with E-state index in [2.05, 4.69) is 17.3 Å². The quantitative estimate of drug-likeness (QED) is 0.847. The van der Waals surface area contributed by atoms with Crippen LogP contribution in [0.1, 0.15) is 35.7 Å². The number of nitrogens with zero attached hydrogens (tertiary/aromatic N) is 2. The van der Waals surface area contributed by atoms with Crippen molar-refractivity contribution < 1.29 is 13.2 Å². The Morgan fingerprint density at radius 2 is 2.10 bits per heavy atom. The average molecular weight is 315 g/mol. The summed E-state index contributed by atoms with van der Waals surface area (Å²) in [5, 5.41) is 7.66. The van der Waals surface area contributed by atoms with E-state index in [1.54, 1.807) is 10.7 Å². The molecule has 1 N–H and O–H groups in total. The van der Waals surface area contributed by atoms with E-state index in [1.807, 2.05) is 26.2 Å². The van der Waals surface area contributed by atoms with Crippen molar-refractivity contribution >= 4 is 11.8 Å². The van der Waals surface area contributed by atoms with Crippen molar-refractivity contribution in [3.63, 3.8) is 0 Å². The summed E-state index contributed by atoms with van der Waals surface area (Å²) in [7, 11) is 1.89. The summed E-state index contributed by atoms with van der Waals surface area (Å²) in [6, 6.07) is 3.70. The van der Waals surface area contributed by atoms with Crippen LogP contribution in [0.15, 0.2) is 22.7 Å². The minimum Gasteiger partial charge on any atom is -0.464 e. The largest absolute Gasteiger partial charge is 0.464 e. The summed E-state index contributed by atoms with van der Waals surface area (Å²) >= 11 is 0.565. The fraction of sp³-hybridized carbons (Fsp3) is 0.500. The number of furan rings is 1. The zero-order chi connectivity index (χ0) is 15.4. The third-order valence-corrected chi connectivity index (χ3v) is 3.87. The highest BCUT2D eigenvalue weighted by atomic mass is 32.2. The Hall–Kier alpha value is -1.34. The molecule has 0 fully saturated rings. The molecule has 0 bridgehead atoms. The second-order valence-electron chi connectivity index (χ2n) is 4.89. The summed E-state index contributed by atoms with van der Waals surface area (Å²) < 4.78 is 31.5. The third kappa shape index (κ3) is 4.57. The van der Waals surface area contributed by atoms with E-state index in [1.165, 1.54) is 0 Å². The molecule has 0 amide bonds. The molecule has 2 aromatic rings. The first-order chi connectivity index (χ1) is 9.95. The van der Waals surface area contributed by atoms with E-state index >= 15 is 0 Å². The number of nitrogens with one attached hydrogen (secondary N) is 1. The first-order valence-corrected chi connectivity index (χ1v) is 7.71. The van der Waals surface area contributed by atoms with Crippen LogP contribution in [0.3, 0.4) is 0 Å². The van der Waals surface area contributed by atoms with Gasteiger partial charge in [-0.1, -0.05) is 11.8 Å². The number of alkyl halides is 2. The van der Waals surface area contributed by atoms with Gasteiger partial charge in [-0.25, -0.2) is 0 Å². The van der Waals surface area contributed by atoms with Gasteiger partial charge in [-0.2, -0.15) is 13.9 Å². The molecule has 0 aliphatic carbocycles. The van der Waals surface area contributed by atoms with Crippen LogP contribution < -0.4 is 5.32 Å². The Kier molecular flexibility index (Phi) is 5.41. The van der Waals surface area contributed by atoms with Crippen LogP contribution in [0, 0.1) is 6.92 Å². The Balaban J connectivity index is 1.86. The van der Waals surface area contributed by atoms with Crippen molar-refractivity contribution in [2.24, 2.45) is 7.05 Å². The second-order valence-corrected chi connectivity index (χ2v) is 5.86. The third-order valence-electron chi connectivity index (χ3n) is 3.17. The van der Waals surface area contributed by atoms with Gasteiger partial charge in [-0.3, -0.25) is 4.68 Å². The van der Waals surface area contributed by atoms with Gasteiger partial charge in [-0.05, 0) is 26.0 Å². The lowest BCUT2D eigenvalue weighted by atomic mass is 10.1. The molecule has 1 atom stereocenters. The summed E-state index contributed by atoms with van der Waals surface area (Å²) in [4.78, 5) is 0. The topological polar surface area (TPSA) is 43.0 Å². The minimum absolute atomic E-state index is 0.141. The van der Waals surface area contributed by atoms with Gasteiger partial charge in [0.05, 0.1) is 18.0 Å². The van der Waals surface area contributed by atoms with Gasteiger partial charge in [0.1, 0.15) is 11.5 Å². The molecule has 0 aliphatic heterocycles. The van der Waals surface area contributed by atoms with E-state index in [0.29, 0.717) is 24.1 Å². The molecular weight excluding hydrogens is 296 g/mol. The predicted molar refractivity (Wildman–Crippen MR) is 79.2 cm³/mol. The van der Waals surface area contributed by atoms with Gasteiger partial charge in [0, 0.05) is 24.8 Å². The SMILES string of the molecule is Cc1nn(C)cc1C(C)NCc1ccc(CSC(F)F)o1. The number of aryl methyl sites for hydroxylation is 2. The van der Waals surface area contributed by atoms with Gasteiger partial charge in [0.25, 0.3) is 5.76 Å². The fourth-order valence-electron chi connectivity index (χ4n) is 2.15. The van der Waals surface area contributed by atoms with Crippen molar-refractivity contribution in [2.75, 3.05) is 0 Å². The number of halogens is 2. The standard InChI is InChI=1S/C14H19F2N3OS/c1-9(13-7-19(3)18-10(13)2)17-6-11-4-5-12(20-11)8-21-14(15)16/h4-5,7,9,14,17H,6,8H2,1-3H3. The molecule has 0 spiro atoms. The molecule has 21 heavy (non-hydrogen) atoms. The number of aromatic nitrogens is 2. The lowest BCUT2D eigenvalue weighted by Gasteiger charge is -2.11. The molecule has 2 rings (SSSR count). The maximum absolute atomic E-state index is 12.1. The molecule has 2 aromatic heterocycles. The van der Waals surface area contributed by atoms with Crippen LogP contribution in [0.25, 0.3) is 0 Å². The van der Waals surface area contributed by atoms with Crippen molar-refractivity contribution in [2.45, 2.75) is 37.9 Å². The highest BCUT2D eigenvalue weighted by molar-refractivity contribution is 7.98. The Labute approximate surface area is 126 Å². The van der Waals surface area contributed by atoms with E-state index in [0.717, 1.165) is 17.0 Å². The smallest absolute Gasteiger partial charge is 0.284 e. The number of thioether (sulfide) groups is 1. The molecule has 7 heteroatoms. The Morgan fingerprint density at radius 1 is 1.38 bits per heavy atom. The van der Waals surface area contributed by atoms with E-state index in [4.69, 9.17) is 4.42 Å². The van der Waals surface area contributed by atoms with Gasteiger partial charge in [0.15, 0.2) is 0 Å². The maximum Gasteiger partial charge on any atom is 0.284 e. The van der Waals surface area contributed by atoms with E-state index in [-0.39, 0.29) is 11.8 Å². The molecule has 0 aliphatic rings. The molecule has 0 aromatic carbocycles. The molecule has 1 unspecified atom stereocenters. The van der Waals surface area contributed by atoms with Gasteiger partial charge in [-0.15, -0.1) is 0 Å². The maximum atomic E-state index is 12.1. The zero-order valence-electron chi connectivity index (χ0n) is 12.3.